The summed E-state index contributed by atoms with van der Waals surface area (Å²) in [7, 11) is 0. The van der Waals surface area contributed by atoms with Gasteiger partial charge in [0.25, 0.3) is 0 Å². The zero-order chi connectivity index (χ0) is 14.3. The van der Waals surface area contributed by atoms with Crippen molar-refractivity contribution in [2.75, 3.05) is 6.61 Å². The summed E-state index contributed by atoms with van der Waals surface area (Å²) in [4.78, 5) is 23.0. The van der Waals surface area contributed by atoms with Crippen LogP contribution in [0.3, 0.4) is 0 Å². The molecule has 1 amide bonds. The van der Waals surface area contributed by atoms with Gasteiger partial charge in [0.15, 0.2) is 6.04 Å². The van der Waals surface area contributed by atoms with Gasteiger partial charge in [-0.15, -0.1) is 0 Å². The van der Waals surface area contributed by atoms with E-state index in [-0.39, 0.29) is 6.61 Å². The first-order valence-electron chi connectivity index (χ1n) is 5.62. The van der Waals surface area contributed by atoms with E-state index in [2.05, 4.69) is 11.9 Å². The molecule has 0 aliphatic rings. The molecule has 0 aliphatic carbocycles. The number of aliphatic hydroxyl groups excluding tert-OH is 1. The Morgan fingerprint density at radius 2 is 2.00 bits per heavy atom. The first-order valence-corrected chi connectivity index (χ1v) is 5.62. The molecule has 0 rings (SSSR count). The van der Waals surface area contributed by atoms with Crippen LogP contribution < -0.4 is 5.32 Å². The van der Waals surface area contributed by atoms with Crippen molar-refractivity contribution in [1.82, 2.24) is 5.32 Å². The van der Waals surface area contributed by atoms with E-state index in [0.29, 0.717) is 0 Å². The lowest BCUT2D eigenvalue weighted by molar-refractivity contribution is -0.147. The average Bonchev–Trinajstić information content (AvgIpc) is 2.19. The molecule has 0 fully saturated rings. The molecule has 6 heteroatoms. The second-order valence-electron chi connectivity index (χ2n) is 4.78. The van der Waals surface area contributed by atoms with Crippen LogP contribution in [0.1, 0.15) is 27.7 Å². The minimum atomic E-state index is -1.17. The first-order chi connectivity index (χ1) is 8.17. The summed E-state index contributed by atoms with van der Waals surface area (Å²) in [5.41, 5.74) is -0.682. The maximum atomic E-state index is 11.5. The van der Waals surface area contributed by atoms with Gasteiger partial charge >= 0.3 is 12.1 Å². The smallest absolute Gasteiger partial charge is 0.408 e. The minimum Gasteiger partial charge on any atom is -0.460 e. The van der Waals surface area contributed by atoms with E-state index >= 15 is 0 Å². The highest BCUT2D eigenvalue weighted by Crippen LogP contribution is 2.07. The maximum Gasteiger partial charge on any atom is 0.408 e. The van der Waals surface area contributed by atoms with Crippen molar-refractivity contribution in [2.24, 2.45) is 0 Å². The Labute approximate surface area is 107 Å². The number of nitrogens with one attached hydrogen (secondary N) is 1. The molecule has 0 aromatic rings. The zero-order valence-corrected chi connectivity index (χ0v) is 11.2. The van der Waals surface area contributed by atoms with E-state index < -0.39 is 29.8 Å². The third kappa shape index (κ3) is 6.90. The van der Waals surface area contributed by atoms with Crippen LogP contribution in [0.2, 0.25) is 0 Å². The van der Waals surface area contributed by atoms with Crippen molar-refractivity contribution in [3.8, 4) is 0 Å². The first kappa shape index (κ1) is 16.4. The van der Waals surface area contributed by atoms with Gasteiger partial charge in [0.2, 0.25) is 0 Å². The SMILES string of the molecule is C=CCOC(=O)C(NC(=O)OC(C)(C)C)C(C)O. The Morgan fingerprint density at radius 3 is 2.39 bits per heavy atom. The number of rotatable bonds is 5. The van der Waals surface area contributed by atoms with E-state index in [0.717, 1.165) is 0 Å². The monoisotopic (exact) mass is 259 g/mol. The third-order valence-electron chi connectivity index (χ3n) is 1.75. The topological polar surface area (TPSA) is 84.9 Å². The second kappa shape index (κ2) is 7.00. The summed E-state index contributed by atoms with van der Waals surface area (Å²) in [6.07, 6.45) is -0.483. The normalized spacial score (nSPS) is 14.3. The highest BCUT2D eigenvalue weighted by atomic mass is 16.6. The van der Waals surface area contributed by atoms with Gasteiger partial charge < -0.3 is 19.9 Å². The van der Waals surface area contributed by atoms with Crippen molar-refractivity contribution in [3.05, 3.63) is 12.7 Å². The maximum absolute atomic E-state index is 11.5. The van der Waals surface area contributed by atoms with Crippen LogP contribution in [-0.4, -0.2) is 41.5 Å². The molecule has 0 aliphatic heterocycles. The van der Waals surface area contributed by atoms with Crippen LogP contribution in [0.5, 0.6) is 0 Å². The van der Waals surface area contributed by atoms with Crippen molar-refractivity contribution in [3.63, 3.8) is 0 Å². The predicted molar refractivity (Wildman–Crippen MR) is 66.0 cm³/mol. The Hall–Kier alpha value is -1.56. The van der Waals surface area contributed by atoms with Gasteiger partial charge in [0.05, 0.1) is 6.10 Å². The van der Waals surface area contributed by atoms with Crippen LogP contribution in [0.15, 0.2) is 12.7 Å². The quantitative estimate of drug-likeness (QED) is 0.568. The van der Waals surface area contributed by atoms with Gasteiger partial charge in [0, 0.05) is 0 Å². The molecule has 18 heavy (non-hydrogen) atoms. The zero-order valence-electron chi connectivity index (χ0n) is 11.2. The molecule has 6 nitrogen and oxygen atoms in total. The number of esters is 1. The van der Waals surface area contributed by atoms with E-state index in [1.807, 2.05) is 0 Å². The predicted octanol–water partition coefficient (Wildman–Crippen LogP) is 0.990. The Morgan fingerprint density at radius 1 is 1.44 bits per heavy atom. The van der Waals surface area contributed by atoms with Crippen LogP contribution in [-0.2, 0) is 14.3 Å². The molecule has 0 bridgehead atoms. The van der Waals surface area contributed by atoms with E-state index in [1.54, 1.807) is 20.8 Å². The molecule has 0 aromatic carbocycles. The molecule has 2 atom stereocenters. The fourth-order valence-electron chi connectivity index (χ4n) is 1.04. The van der Waals surface area contributed by atoms with Crippen LogP contribution >= 0.6 is 0 Å². The molecular weight excluding hydrogens is 238 g/mol. The van der Waals surface area contributed by atoms with Gasteiger partial charge in [0.1, 0.15) is 12.2 Å². The van der Waals surface area contributed by atoms with E-state index in [1.165, 1.54) is 13.0 Å². The molecule has 0 heterocycles. The highest BCUT2D eigenvalue weighted by molar-refractivity contribution is 5.82. The standard InChI is InChI=1S/C12H21NO5/c1-6-7-17-10(15)9(8(2)14)13-11(16)18-12(3,4)5/h6,8-9,14H,1,7H2,2-5H3,(H,13,16). The van der Waals surface area contributed by atoms with Gasteiger partial charge in [-0.25, -0.2) is 9.59 Å². The Balaban J connectivity index is 4.49. The summed E-state index contributed by atoms with van der Waals surface area (Å²) in [5, 5.41) is 11.7. The molecule has 0 aromatic heterocycles. The lowest BCUT2D eigenvalue weighted by atomic mass is 10.2. The summed E-state index contributed by atoms with van der Waals surface area (Å²) in [6.45, 7) is 9.86. The minimum absolute atomic E-state index is 0.0120. The van der Waals surface area contributed by atoms with Crippen molar-refractivity contribution < 1.29 is 24.2 Å². The van der Waals surface area contributed by atoms with Gasteiger partial charge in [-0.3, -0.25) is 0 Å². The fourth-order valence-corrected chi connectivity index (χ4v) is 1.04. The van der Waals surface area contributed by atoms with Crippen LogP contribution in [0.4, 0.5) is 4.79 Å². The number of carbonyl (C=O) groups excluding carboxylic acids is 2. The molecule has 104 valence electrons. The van der Waals surface area contributed by atoms with Crippen molar-refractivity contribution in [2.45, 2.75) is 45.4 Å². The molecule has 2 N–H and O–H groups in total. The highest BCUT2D eigenvalue weighted by Gasteiger charge is 2.29. The summed E-state index contributed by atoms with van der Waals surface area (Å²) >= 11 is 0. The summed E-state index contributed by atoms with van der Waals surface area (Å²) in [5.74, 6) is -0.740. The molecule has 0 radical (unpaired) electrons. The number of aliphatic hydroxyl groups is 1. The summed E-state index contributed by atoms with van der Waals surface area (Å²) in [6, 6.07) is -1.17. The third-order valence-corrected chi connectivity index (χ3v) is 1.75. The van der Waals surface area contributed by atoms with E-state index in [4.69, 9.17) is 9.47 Å². The van der Waals surface area contributed by atoms with Gasteiger partial charge in [-0.1, -0.05) is 12.7 Å². The molecule has 0 saturated carbocycles. The number of amides is 1. The average molecular weight is 259 g/mol. The number of ether oxygens (including phenoxy) is 2. The lowest BCUT2D eigenvalue weighted by Crippen LogP contribution is -2.49. The Kier molecular flexibility index (Phi) is 6.40. The van der Waals surface area contributed by atoms with E-state index in [9.17, 15) is 14.7 Å². The molecule has 0 saturated heterocycles. The lowest BCUT2D eigenvalue weighted by Gasteiger charge is -2.24. The number of hydrogen-bond donors (Lipinski definition) is 2. The van der Waals surface area contributed by atoms with Crippen molar-refractivity contribution >= 4 is 12.1 Å². The Bertz CT molecular complexity index is 306. The molecular formula is C12H21NO5. The number of carbonyl (C=O) groups is 2. The van der Waals surface area contributed by atoms with Gasteiger partial charge in [-0.2, -0.15) is 0 Å². The number of alkyl carbamates (subject to hydrolysis) is 1. The second-order valence-corrected chi connectivity index (χ2v) is 4.78. The fraction of sp³-hybridized carbons (Fsp3) is 0.667. The largest absolute Gasteiger partial charge is 0.460 e. The number of hydrogen-bond acceptors (Lipinski definition) is 5. The van der Waals surface area contributed by atoms with Crippen molar-refractivity contribution in [1.29, 1.82) is 0 Å². The van der Waals surface area contributed by atoms with Crippen LogP contribution in [0, 0.1) is 0 Å². The molecule has 0 spiro atoms. The molecule has 2 unspecified atom stereocenters. The summed E-state index contributed by atoms with van der Waals surface area (Å²) < 4.78 is 9.74. The van der Waals surface area contributed by atoms with Crippen LogP contribution in [0.25, 0.3) is 0 Å². The van der Waals surface area contributed by atoms with Gasteiger partial charge in [-0.05, 0) is 27.7 Å².